The summed E-state index contributed by atoms with van der Waals surface area (Å²) in [7, 11) is -3.66. The summed E-state index contributed by atoms with van der Waals surface area (Å²) in [5, 5.41) is 11.2. The van der Waals surface area contributed by atoms with Crippen LogP contribution in [0.5, 0.6) is 0 Å². The number of carbonyl (C=O) groups is 1. The first kappa shape index (κ1) is 22.5. The fraction of sp³-hybridized carbons (Fsp3) is 0.500. The Kier molecular flexibility index (Phi) is 6.34. The number of aromatic nitrogens is 3. The summed E-state index contributed by atoms with van der Waals surface area (Å²) in [6.07, 6.45) is 1.87. The summed E-state index contributed by atoms with van der Waals surface area (Å²) in [5.41, 5.74) is 1.38. The van der Waals surface area contributed by atoms with E-state index in [1.165, 1.54) is 4.31 Å². The van der Waals surface area contributed by atoms with Crippen LogP contribution in [0.3, 0.4) is 0 Å². The van der Waals surface area contributed by atoms with Crippen LogP contribution in [0.1, 0.15) is 50.7 Å². The van der Waals surface area contributed by atoms with Crippen molar-refractivity contribution in [2.45, 2.75) is 57.5 Å². The summed E-state index contributed by atoms with van der Waals surface area (Å²) in [6, 6.07) is 8.84. The van der Waals surface area contributed by atoms with Gasteiger partial charge in [0.25, 0.3) is 0 Å². The lowest BCUT2D eigenvalue weighted by Gasteiger charge is -2.30. The van der Waals surface area contributed by atoms with Crippen molar-refractivity contribution in [2.75, 3.05) is 13.1 Å². The van der Waals surface area contributed by atoms with Crippen molar-refractivity contribution in [2.24, 2.45) is 5.92 Å². The number of carbonyl (C=O) groups excluding carboxylic acids is 1. The Morgan fingerprint density at radius 2 is 2.00 bits per heavy atom. The number of hydrogen-bond acceptors (Lipinski definition) is 6. The Morgan fingerprint density at radius 1 is 1.25 bits per heavy atom. The molecule has 1 aliphatic heterocycles. The Balaban J connectivity index is 1.39. The molecule has 0 saturated carbocycles. The van der Waals surface area contributed by atoms with E-state index in [0.29, 0.717) is 43.8 Å². The first-order chi connectivity index (χ1) is 15.3. The molecule has 0 spiro atoms. The summed E-state index contributed by atoms with van der Waals surface area (Å²) < 4.78 is 35.1. The van der Waals surface area contributed by atoms with Crippen molar-refractivity contribution in [3.05, 3.63) is 41.9 Å². The quantitative estimate of drug-likeness (QED) is 0.581. The average molecular weight is 460 g/mol. The van der Waals surface area contributed by atoms with Crippen molar-refractivity contribution in [3.8, 4) is 0 Å². The van der Waals surface area contributed by atoms with E-state index in [4.69, 9.17) is 4.42 Å². The number of piperidine rings is 1. The lowest BCUT2D eigenvalue weighted by Crippen LogP contribution is -2.42. The smallest absolute Gasteiger partial charge is 0.243 e. The zero-order chi connectivity index (χ0) is 22.9. The second-order valence-corrected chi connectivity index (χ2v) is 10.3. The second-order valence-electron chi connectivity index (χ2n) is 8.35. The highest BCUT2D eigenvalue weighted by molar-refractivity contribution is 7.89. The lowest BCUT2D eigenvalue weighted by molar-refractivity contribution is -0.126. The molecule has 0 radical (unpaired) electrons. The molecular weight excluding hydrogens is 430 g/mol. The van der Waals surface area contributed by atoms with Gasteiger partial charge < -0.3 is 9.73 Å². The molecule has 172 valence electrons. The minimum Gasteiger partial charge on any atom is -0.465 e. The molecular formula is C22H29N5O4S. The maximum Gasteiger partial charge on any atom is 0.243 e. The molecule has 1 aromatic carbocycles. The minimum absolute atomic E-state index is 0.0702. The third-order valence-corrected chi connectivity index (χ3v) is 8.04. The first-order valence-corrected chi connectivity index (χ1v) is 12.4. The lowest BCUT2D eigenvalue weighted by atomic mass is 9.97. The van der Waals surface area contributed by atoms with Crippen molar-refractivity contribution >= 4 is 27.0 Å². The largest absolute Gasteiger partial charge is 0.465 e. The van der Waals surface area contributed by atoms with Crippen molar-refractivity contribution < 1.29 is 17.6 Å². The van der Waals surface area contributed by atoms with Gasteiger partial charge in [0, 0.05) is 19.0 Å². The molecule has 10 heteroatoms. The first-order valence-electron chi connectivity index (χ1n) is 11.0. The zero-order valence-corrected chi connectivity index (χ0v) is 19.4. The highest BCUT2D eigenvalue weighted by Crippen LogP contribution is 2.27. The number of hydrogen-bond donors (Lipinski definition) is 1. The fourth-order valence-corrected chi connectivity index (χ4v) is 5.48. The predicted molar refractivity (Wildman–Crippen MR) is 119 cm³/mol. The molecule has 1 aliphatic rings. The van der Waals surface area contributed by atoms with Crippen LogP contribution in [0.2, 0.25) is 0 Å². The number of sulfonamides is 1. The van der Waals surface area contributed by atoms with Gasteiger partial charge in [-0.2, -0.15) is 4.31 Å². The topological polar surface area (TPSA) is 110 Å². The van der Waals surface area contributed by atoms with Gasteiger partial charge >= 0.3 is 0 Å². The van der Waals surface area contributed by atoms with Crippen molar-refractivity contribution in [1.29, 1.82) is 0 Å². The fourth-order valence-electron chi connectivity index (χ4n) is 3.99. The Bertz CT molecular complexity index is 1210. The number of fused-ring (bicyclic) bond motifs is 1. The number of furan rings is 1. The Labute approximate surface area is 187 Å². The number of benzene rings is 1. The van der Waals surface area contributed by atoms with Crippen LogP contribution in [-0.4, -0.2) is 46.7 Å². The van der Waals surface area contributed by atoms with E-state index in [2.05, 4.69) is 29.5 Å². The zero-order valence-electron chi connectivity index (χ0n) is 18.6. The van der Waals surface area contributed by atoms with E-state index in [1.807, 2.05) is 23.7 Å². The summed E-state index contributed by atoms with van der Waals surface area (Å²) in [6.45, 7) is 6.92. The molecule has 32 heavy (non-hydrogen) atoms. The van der Waals surface area contributed by atoms with Crippen LogP contribution in [0.4, 0.5) is 0 Å². The normalized spacial score (nSPS) is 17.0. The number of nitrogens with one attached hydrogen (secondary N) is 1. The number of aryl methyl sites for hydroxylation is 1. The molecule has 9 nitrogen and oxygen atoms in total. The Hall–Kier alpha value is -2.72. The third kappa shape index (κ3) is 4.42. The van der Waals surface area contributed by atoms with E-state index in [-0.39, 0.29) is 22.8 Å². The van der Waals surface area contributed by atoms with Crippen LogP contribution < -0.4 is 5.32 Å². The monoisotopic (exact) mass is 459 g/mol. The molecule has 1 N–H and O–H groups in total. The standard InChI is InChI=1S/C22H29N5O4S/c1-4-15(2)27-21-8-7-19(13-20(21)24-25-27)32(29,30)26-11-9-17(10-12-26)22(28)23-14-18-6-5-16(3)31-18/h5-8,13,15,17H,4,9-12,14H2,1-3H3,(H,23,28)/t15-/m1/s1. The van der Waals surface area contributed by atoms with Crippen molar-refractivity contribution in [1.82, 2.24) is 24.6 Å². The van der Waals surface area contributed by atoms with Gasteiger partial charge in [-0.25, -0.2) is 13.1 Å². The van der Waals surface area contributed by atoms with Crippen LogP contribution in [0.15, 0.2) is 39.6 Å². The average Bonchev–Trinajstić information content (AvgIpc) is 3.42. The van der Waals surface area contributed by atoms with Crippen LogP contribution in [-0.2, 0) is 21.4 Å². The highest BCUT2D eigenvalue weighted by atomic mass is 32.2. The van der Waals surface area contributed by atoms with Crippen LogP contribution in [0.25, 0.3) is 11.0 Å². The molecule has 1 fully saturated rings. The molecule has 0 bridgehead atoms. The van der Waals surface area contributed by atoms with Gasteiger partial charge in [-0.3, -0.25) is 4.79 Å². The van der Waals surface area contributed by atoms with Crippen LogP contribution in [0, 0.1) is 12.8 Å². The maximum atomic E-state index is 13.2. The van der Waals surface area contributed by atoms with Gasteiger partial charge in [-0.1, -0.05) is 12.1 Å². The molecule has 1 atom stereocenters. The Morgan fingerprint density at radius 3 is 2.66 bits per heavy atom. The SMILES string of the molecule is CC[C@@H](C)n1nnc2cc(S(=O)(=O)N3CCC(C(=O)NCc4ccc(C)o4)CC3)ccc21. The van der Waals surface area contributed by atoms with E-state index < -0.39 is 10.0 Å². The van der Waals surface area contributed by atoms with Gasteiger partial charge in [0.2, 0.25) is 15.9 Å². The van der Waals surface area contributed by atoms with E-state index in [9.17, 15) is 13.2 Å². The van der Waals surface area contributed by atoms with Gasteiger partial charge in [-0.15, -0.1) is 5.10 Å². The molecule has 1 saturated heterocycles. The van der Waals surface area contributed by atoms with Gasteiger partial charge in [-0.05, 0) is 63.4 Å². The molecule has 4 rings (SSSR count). The number of amides is 1. The summed E-state index contributed by atoms with van der Waals surface area (Å²) in [5.74, 6) is 1.22. The van der Waals surface area contributed by atoms with Gasteiger partial charge in [0.15, 0.2) is 0 Å². The highest BCUT2D eigenvalue weighted by Gasteiger charge is 2.32. The molecule has 3 heterocycles. The summed E-state index contributed by atoms with van der Waals surface area (Å²) >= 11 is 0. The van der Waals surface area contributed by atoms with E-state index in [1.54, 1.807) is 18.2 Å². The minimum atomic E-state index is -3.66. The molecule has 1 amide bonds. The van der Waals surface area contributed by atoms with E-state index >= 15 is 0 Å². The molecule has 0 aliphatic carbocycles. The number of rotatable bonds is 7. The second kappa shape index (κ2) is 9.03. The number of nitrogens with zero attached hydrogens (tertiary/aromatic N) is 4. The van der Waals surface area contributed by atoms with E-state index in [0.717, 1.165) is 17.7 Å². The van der Waals surface area contributed by atoms with Gasteiger partial charge in [0.05, 0.1) is 23.0 Å². The van der Waals surface area contributed by atoms with Gasteiger partial charge in [0.1, 0.15) is 17.0 Å². The summed E-state index contributed by atoms with van der Waals surface area (Å²) in [4.78, 5) is 12.7. The maximum absolute atomic E-state index is 13.2. The molecule has 0 unspecified atom stereocenters. The third-order valence-electron chi connectivity index (χ3n) is 6.15. The molecule has 3 aromatic rings. The predicted octanol–water partition coefficient (Wildman–Crippen LogP) is 3.02. The molecule has 2 aromatic heterocycles. The van der Waals surface area contributed by atoms with Crippen LogP contribution >= 0.6 is 0 Å². The van der Waals surface area contributed by atoms with Crippen molar-refractivity contribution in [3.63, 3.8) is 0 Å².